The Morgan fingerprint density at radius 3 is 2.34 bits per heavy atom. The molecule has 2 aromatic rings. The Balaban J connectivity index is 1.42. The van der Waals surface area contributed by atoms with Gasteiger partial charge in [0.2, 0.25) is 5.91 Å². The Kier molecular flexibility index (Phi) is 8.41. The molecule has 9 heteroatoms. The Morgan fingerprint density at radius 2 is 1.69 bits per heavy atom. The third kappa shape index (κ3) is 6.21. The highest BCUT2D eigenvalue weighted by atomic mass is 16.2. The highest BCUT2D eigenvalue weighted by molar-refractivity contribution is 5.96. The molecule has 0 bridgehead atoms. The van der Waals surface area contributed by atoms with Crippen molar-refractivity contribution in [1.82, 2.24) is 19.4 Å². The quantitative estimate of drug-likeness (QED) is 0.593. The molecule has 1 saturated heterocycles. The Bertz CT molecular complexity index is 1100. The van der Waals surface area contributed by atoms with Crippen LogP contribution in [-0.4, -0.2) is 71.1 Å². The number of carbonyl (C=O) groups is 1. The molecule has 1 aromatic heterocycles. The number of aromatic nitrogens is 2. The molecule has 0 spiro atoms. The van der Waals surface area contributed by atoms with Gasteiger partial charge in [0.25, 0.3) is 5.56 Å². The van der Waals surface area contributed by atoms with Gasteiger partial charge in [0, 0.05) is 39.3 Å². The molecule has 0 radical (unpaired) electrons. The van der Waals surface area contributed by atoms with E-state index in [1.807, 2.05) is 37.3 Å². The van der Waals surface area contributed by atoms with Crippen molar-refractivity contribution in [2.75, 3.05) is 56.4 Å². The number of hydrogen-bond donors (Lipinski definition) is 2. The number of nitrogens with zero attached hydrogens (tertiary/aromatic N) is 4. The van der Waals surface area contributed by atoms with Crippen molar-refractivity contribution in [3.63, 3.8) is 0 Å². The molecule has 1 aliphatic carbocycles. The smallest absolute Gasteiger partial charge is 0.330 e. The molecule has 1 aromatic carbocycles. The predicted octanol–water partition coefficient (Wildman–Crippen LogP) is 1.72. The van der Waals surface area contributed by atoms with Gasteiger partial charge in [-0.2, -0.15) is 0 Å². The maximum absolute atomic E-state index is 13.3. The van der Waals surface area contributed by atoms with Crippen LogP contribution in [0, 0.1) is 5.92 Å². The number of hydrogen-bond acceptors (Lipinski definition) is 6. The van der Waals surface area contributed by atoms with E-state index in [2.05, 4.69) is 14.8 Å². The second-order valence-corrected chi connectivity index (χ2v) is 9.78. The van der Waals surface area contributed by atoms with Crippen molar-refractivity contribution in [2.24, 2.45) is 5.92 Å². The average Bonchev–Trinajstić information content (AvgIpc) is 2.86. The van der Waals surface area contributed by atoms with E-state index in [9.17, 15) is 14.4 Å². The largest absolute Gasteiger partial charge is 0.383 e. The number of amides is 1. The van der Waals surface area contributed by atoms with Crippen LogP contribution in [0.3, 0.4) is 0 Å². The third-order valence-electron chi connectivity index (χ3n) is 7.35. The zero-order chi connectivity index (χ0) is 24.8. The van der Waals surface area contributed by atoms with Crippen LogP contribution in [0.5, 0.6) is 0 Å². The first-order valence-electron chi connectivity index (χ1n) is 12.9. The van der Waals surface area contributed by atoms with E-state index in [0.29, 0.717) is 0 Å². The molecule has 1 aliphatic heterocycles. The van der Waals surface area contributed by atoms with Crippen LogP contribution in [0.4, 0.5) is 11.5 Å². The van der Waals surface area contributed by atoms with Crippen LogP contribution < -0.4 is 21.9 Å². The van der Waals surface area contributed by atoms with Gasteiger partial charge in [-0.25, -0.2) is 4.79 Å². The fraction of sp³-hybridized carbons (Fsp3) is 0.577. The second kappa shape index (κ2) is 11.7. The van der Waals surface area contributed by atoms with Gasteiger partial charge in [-0.15, -0.1) is 0 Å². The maximum atomic E-state index is 13.3. The van der Waals surface area contributed by atoms with Crippen molar-refractivity contribution < 1.29 is 4.79 Å². The zero-order valence-corrected chi connectivity index (χ0v) is 20.7. The number of rotatable bonds is 8. The van der Waals surface area contributed by atoms with Crippen LogP contribution in [0.2, 0.25) is 0 Å². The number of nitrogen functional groups attached to an aromatic ring is 1. The van der Waals surface area contributed by atoms with Crippen LogP contribution >= 0.6 is 0 Å². The molecule has 0 atom stereocenters. The van der Waals surface area contributed by atoms with Crippen LogP contribution in [0.15, 0.2) is 39.9 Å². The van der Waals surface area contributed by atoms with E-state index in [4.69, 9.17) is 5.73 Å². The van der Waals surface area contributed by atoms with Gasteiger partial charge < -0.3 is 15.5 Å². The summed E-state index contributed by atoms with van der Waals surface area (Å²) in [5, 5.41) is 0. The van der Waals surface area contributed by atoms with E-state index in [-0.39, 0.29) is 37.0 Å². The van der Waals surface area contributed by atoms with Gasteiger partial charge in [0.1, 0.15) is 5.82 Å². The number of piperazine rings is 1. The van der Waals surface area contributed by atoms with Gasteiger partial charge in [0.15, 0.2) is 5.69 Å². The fourth-order valence-corrected chi connectivity index (χ4v) is 5.36. The van der Waals surface area contributed by atoms with Gasteiger partial charge in [-0.3, -0.25) is 24.0 Å². The molecule has 4 rings (SSSR count). The lowest BCUT2D eigenvalue weighted by molar-refractivity contribution is -0.120. The number of carbonyl (C=O) groups excluding carboxylic acids is 1. The summed E-state index contributed by atoms with van der Waals surface area (Å²) in [7, 11) is 0. The summed E-state index contributed by atoms with van der Waals surface area (Å²) in [4.78, 5) is 46.9. The number of likely N-dealkylation sites (N-methyl/N-ethyl adjacent to an activating group) is 1. The Hall–Kier alpha value is -2.91. The standard InChI is InChI=1S/C26H38N6O3/c1-2-31(22(33)19-30-15-13-29(14-16-30)17-20-9-5-3-6-10-20)23-24(27)32(26(35)28-25(23)34)18-21-11-7-4-8-12-21/h4,7-8,11-12,20H,2-3,5-6,9-10,13-19,27H2,1H3,(H,28,34,35). The third-order valence-corrected chi connectivity index (χ3v) is 7.35. The average molecular weight is 483 g/mol. The molecule has 3 N–H and O–H groups in total. The van der Waals surface area contributed by atoms with Crippen molar-refractivity contribution >= 4 is 17.4 Å². The first-order chi connectivity index (χ1) is 17.0. The first kappa shape index (κ1) is 25.2. The van der Waals surface area contributed by atoms with Crippen molar-refractivity contribution in [3.8, 4) is 0 Å². The van der Waals surface area contributed by atoms with Gasteiger partial charge in [0.05, 0.1) is 13.1 Å². The van der Waals surface area contributed by atoms with E-state index in [0.717, 1.165) is 44.2 Å². The number of H-pyrrole nitrogens is 1. The van der Waals surface area contributed by atoms with Gasteiger partial charge >= 0.3 is 5.69 Å². The van der Waals surface area contributed by atoms with Gasteiger partial charge in [-0.1, -0.05) is 49.6 Å². The predicted molar refractivity (Wildman–Crippen MR) is 139 cm³/mol. The summed E-state index contributed by atoms with van der Waals surface area (Å²) >= 11 is 0. The van der Waals surface area contributed by atoms with Crippen LogP contribution in [0.1, 0.15) is 44.6 Å². The summed E-state index contributed by atoms with van der Waals surface area (Å²) in [5.74, 6) is 0.638. The monoisotopic (exact) mass is 482 g/mol. The molecule has 2 fully saturated rings. The summed E-state index contributed by atoms with van der Waals surface area (Å²) in [5.41, 5.74) is 6.02. The highest BCUT2D eigenvalue weighted by Crippen LogP contribution is 2.25. The number of benzene rings is 1. The van der Waals surface area contributed by atoms with Crippen molar-refractivity contribution in [1.29, 1.82) is 0 Å². The van der Waals surface area contributed by atoms with E-state index in [1.165, 1.54) is 41.6 Å². The van der Waals surface area contributed by atoms with E-state index < -0.39 is 11.2 Å². The molecule has 2 aliphatic rings. The second-order valence-electron chi connectivity index (χ2n) is 9.78. The normalized spacial score (nSPS) is 18.0. The summed E-state index contributed by atoms with van der Waals surface area (Å²) in [6.07, 6.45) is 6.76. The number of nitrogens with two attached hydrogens (primary N) is 1. The van der Waals surface area contributed by atoms with Crippen molar-refractivity contribution in [2.45, 2.75) is 45.6 Å². The molecule has 1 saturated carbocycles. The molecule has 0 unspecified atom stereocenters. The zero-order valence-electron chi connectivity index (χ0n) is 20.7. The topological polar surface area (TPSA) is 108 Å². The summed E-state index contributed by atoms with van der Waals surface area (Å²) in [6, 6.07) is 9.40. The fourth-order valence-electron chi connectivity index (χ4n) is 5.36. The van der Waals surface area contributed by atoms with E-state index in [1.54, 1.807) is 0 Å². The molecule has 35 heavy (non-hydrogen) atoms. The molecule has 190 valence electrons. The van der Waals surface area contributed by atoms with E-state index >= 15 is 0 Å². The minimum Gasteiger partial charge on any atom is -0.383 e. The molecule has 2 heterocycles. The minimum atomic E-state index is -0.635. The van der Waals surface area contributed by atoms with Crippen LogP contribution in [0.25, 0.3) is 0 Å². The maximum Gasteiger partial charge on any atom is 0.330 e. The number of anilines is 2. The Morgan fingerprint density at radius 1 is 1.03 bits per heavy atom. The molecule has 9 nitrogen and oxygen atoms in total. The van der Waals surface area contributed by atoms with Gasteiger partial charge in [-0.05, 0) is 31.2 Å². The van der Waals surface area contributed by atoms with Crippen LogP contribution in [-0.2, 0) is 11.3 Å². The first-order valence-corrected chi connectivity index (χ1v) is 12.9. The number of aromatic amines is 1. The SMILES string of the molecule is CCN(C(=O)CN1CCN(CC2CCCCC2)CC1)c1c(N)n(Cc2ccccc2)c(=O)[nH]c1=O. The molecular formula is C26H38N6O3. The summed E-state index contributed by atoms with van der Waals surface area (Å²) in [6.45, 7) is 7.28. The number of nitrogens with one attached hydrogen (secondary N) is 1. The lowest BCUT2D eigenvalue weighted by Gasteiger charge is -2.37. The molecular weight excluding hydrogens is 444 g/mol. The van der Waals surface area contributed by atoms with Crippen molar-refractivity contribution in [3.05, 3.63) is 56.7 Å². The minimum absolute atomic E-state index is 0.00936. The Labute approximate surface area is 206 Å². The summed E-state index contributed by atoms with van der Waals surface area (Å²) < 4.78 is 1.31. The highest BCUT2D eigenvalue weighted by Gasteiger charge is 2.27. The lowest BCUT2D eigenvalue weighted by Crippen LogP contribution is -2.51. The molecule has 1 amide bonds. The lowest BCUT2D eigenvalue weighted by atomic mass is 9.89.